The molecule has 0 aliphatic rings. The molecule has 2 aromatic heterocycles. The van der Waals surface area contributed by atoms with Crippen LogP contribution in [0.4, 0.5) is 0 Å². The Morgan fingerprint density at radius 2 is 2.20 bits per heavy atom. The van der Waals surface area contributed by atoms with Crippen molar-refractivity contribution in [1.29, 1.82) is 0 Å². The Hall–Kier alpha value is -2.15. The zero-order valence-electron chi connectivity index (χ0n) is 11.5. The van der Waals surface area contributed by atoms with E-state index in [4.69, 9.17) is 17.0 Å². The number of nitrogens with zero attached hydrogens (tertiary/aromatic N) is 4. The van der Waals surface area contributed by atoms with E-state index < -0.39 is 0 Å². The highest BCUT2D eigenvalue weighted by Gasteiger charge is 2.18. The number of H-pyrrole nitrogens is 1. The third-order valence-corrected chi connectivity index (χ3v) is 3.74. The molecule has 3 aromatic rings. The number of methoxy groups -OCH3 is 1. The second-order valence-electron chi connectivity index (χ2n) is 4.63. The second-order valence-corrected chi connectivity index (χ2v) is 5.02. The molecule has 1 atom stereocenters. The summed E-state index contributed by atoms with van der Waals surface area (Å²) in [5.41, 5.74) is 1.89. The maximum atomic E-state index is 5.45. The zero-order valence-corrected chi connectivity index (χ0v) is 12.3. The fraction of sp³-hybridized carbons (Fsp3) is 0.308. The van der Waals surface area contributed by atoms with Crippen molar-refractivity contribution in [2.24, 2.45) is 7.05 Å². The van der Waals surface area contributed by atoms with Crippen molar-refractivity contribution < 1.29 is 4.74 Å². The van der Waals surface area contributed by atoms with Crippen LogP contribution in [0.25, 0.3) is 11.0 Å². The molecule has 0 fully saturated rings. The van der Waals surface area contributed by atoms with Crippen molar-refractivity contribution in [1.82, 2.24) is 24.3 Å². The van der Waals surface area contributed by atoms with E-state index in [0.29, 0.717) is 4.77 Å². The maximum absolute atomic E-state index is 5.45. The number of imidazole rings is 1. The number of hydrogen-bond acceptors (Lipinski definition) is 4. The summed E-state index contributed by atoms with van der Waals surface area (Å²) in [5.74, 6) is 1.63. The average Bonchev–Trinajstić information content (AvgIpc) is 3.00. The molecule has 1 N–H and O–H groups in total. The van der Waals surface area contributed by atoms with Crippen LogP contribution in [0.2, 0.25) is 0 Å². The Morgan fingerprint density at radius 3 is 2.85 bits per heavy atom. The van der Waals surface area contributed by atoms with Crippen LogP contribution < -0.4 is 4.74 Å². The smallest absolute Gasteiger partial charge is 0.178 e. The van der Waals surface area contributed by atoms with Gasteiger partial charge in [0.1, 0.15) is 17.6 Å². The Morgan fingerprint density at radius 1 is 1.40 bits per heavy atom. The van der Waals surface area contributed by atoms with Crippen LogP contribution in [0.3, 0.4) is 0 Å². The minimum Gasteiger partial charge on any atom is -0.494 e. The maximum Gasteiger partial charge on any atom is 0.178 e. The summed E-state index contributed by atoms with van der Waals surface area (Å²) in [6.45, 7) is 2.05. The van der Waals surface area contributed by atoms with Crippen molar-refractivity contribution in [3.8, 4) is 5.75 Å². The molecule has 20 heavy (non-hydrogen) atoms. The minimum atomic E-state index is -0.0177. The van der Waals surface area contributed by atoms with Gasteiger partial charge in [0, 0.05) is 7.05 Å². The molecule has 0 bridgehead atoms. The van der Waals surface area contributed by atoms with Gasteiger partial charge in [0.05, 0.1) is 18.7 Å². The van der Waals surface area contributed by atoms with E-state index in [0.717, 1.165) is 22.6 Å². The van der Waals surface area contributed by atoms with Crippen molar-refractivity contribution in [2.45, 2.75) is 13.0 Å². The summed E-state index contributed by atoms with van der Waals surface area (Å²) in [5, 5.41) is 8.09. The highest BCUT2D eigenvalue weighted by Crippen LogP contribution is 2.28. The Kier molecular flexibility index (Phi) is 3.06. The van der Waals surface area contributed by atoms with Crippen molar-refractivity contribution in [3.05, 3.63) is 35.1 Å². The molecule has 3 rings (SSSR count). The van der Waals surface area contributed by atoms with E-state index in [1.807, 2.05) is 41.3 Å². The van der Waals surface area contributed by atoms with Crippen LogP contribution in [0, 0.1) is 4.77 Å². The van der Waals surface area contributed by atoms with E-state index in [-0.39, 0.29) is 6.04 Å². The number of fused-ring (bicyclic) bond motifs is 1. The van der Waals surface area contributed by atoms with E-state index in [9.17, 15) is 0 Å². The quantitative estimate of drug-likeness (QED) is 0.752. The van der Waals surface area contributed by atoms with E-state index >= 15 is 0 Å². The predicted molar refractivity (Wildman–Crippen MR) is 78.5 cm³/mol. The molecule has 0 amide bonds. The van der Waals surface area contributed by atoms with Gasteiger partial charge in [-0.25, -0.2) is 0 Å². The van der Waals surface area contributed by atoms with E-state index in [1.165, 1.54) is 0 Å². The third kappa shape index (κ3) is 1.82. The lowest BCUT2D eigenvalue weighted by Crippen LogP contribution is -2.12. The Labute approximate surface area is 121 Å². The van der Waals surface area contributed by atoms with Crippen LogP contribution in [0.1, 0.15) is 18.8 Å². The SMILES string of the molecule is COc1cccc2c1[nH]c(=S)n2C(C)c1nncn1C. The number of para-hydroxylation sites is 1. The summed E-state index contributed by atoms with van der Waals surface area (Å²) >= 11 is 5.45. The molecular weight excluding hydrogens is 274 g/mol. The Bertz CT molecular complexity index is 816. The van der Waals surface area contributed by atoms with Gasteiger partial charge in [-0.1, -0.05) is 6.07 Å². The Balaban J connectivity index is 2.24. The molecule has 1 unspecified atom stereocenters. The number of nitrogens with one attached hydrogen (secondary N) is 1. The van der Waals surface area contributed by atoms with Crippen LogP contribution in [0.5, 0.6) is 5.75 Å². The molecule has 0 saturated carbocycles. The predicted octanol–water partition coefficient (Wildman–Crippen LogP) is 2.45. The first kappa shape index (κ1) is 12.9. The first-order chi connectivity index (χ1) is 9.63. The van der Waals surface area contributed by atoms with Gasteiger partial charge in [0.25, 0.3) is 0 Å². The first-order valence-electron chi connectivity index (χ1n) is 6.24. The lowest BCUT2D eigenvalue weighted by atomic mass is 10.2. The third-order valence-electron chi connectivity index (χ3n) is 3.44. The van der Waals surface area contributed by atoms with Crippen molar-refractivity contribution in [2.75, 3.05) is 7.11 Å². The zero-order chi connectivity index (χ0) is 14.3. The standard InChI is InChI=1S/C13H15N5OS/c1-8(12-16-14-7-17(12)2)18-9-5-4-6-10(19-3)11(9)15-13(18)20/h4-8H,1-3H3,(H,15,20). The normalized spacial score (nSPS) is 12.8. The van der Waals surface area contributed by atoms with Gasteiger partial charge in [0.15, 0.2) is 10.6 Å². The van der Waals surface area contributed by atoms with E-state index in [2.05, 4.69) is 15.2 Å². The van der Waals surface area contributed by atoms with Crippen LogP contribution in [-0.4, -0.2) is 31.4 Å². The molecular formula is C13H15N5OS. The molecule has 0 saturated heterocycles. The number of aryl methyl sites for hydroxylation is 1. The number of ether oxygens (including phenoxy) is 1. The number of benzene rings is 1. The fourth-order valence-corrected chi connectivity index (χ4v) is 2.82. The largest absolute Gasteiger partial charge is 0.494 e. The number of rotatable bonds is 3. The highest BCUT2D eigenvalue weighted by molar-refractivity contribution is 7.71. The average molecular weight is 289 g/mol. The molecule has 0 spiro atoms. The van der Waals surface area contributed by atoms with Crippen molar-refractivity contribution >= 4 is 23.3 Å². The van der Waals surface area contributed by atoms with Crippen LogP contribution >= 0.6 is 12.2 Å². The second kappa shape index (κ2) is 4.75. The minimum absolute atomic E-state index is 0.0177. The summed E-state index contributed by atoms with van der Waals surface area (Å²) in [6.07, 6.45) is 1.69. The first-order valence-corrected chi connectivity index (χ1v) is 6.65. The van der Waals surface area contributed by atoms with Gasteiger partial charge in [-0.2, -0.15) is 0 Å². The van der Waals surface area contributed by atoms with Gasteiger partial charge in [0.2, 0.25) is 0 Å². The van der Waals surface area contributed by atoms with Gasteiger partial charge < -0.3 is 18.9 Å². The molecule has 2 heterocycles. The molecule has 1 aromatic carbocycles. The van der Waals surface area contributed by atoms with Gasteiger partial charge >= 0.3 is 0 Å². The lowest BCUT2D eigenvalue weighted by molar-refractivity contribution is 0.419. The number of hydrogen-bond donors (Lipinski definition) is 1. The summed E-state index contributed by atoms with van der Waals surface area (Å²) < 4.78 is 9.92. The molecule has 0 aliphatic heterocycles. The van der Waals surface area contributed by atoms with E-state index in [1.54, 1.807) is 13.4 Å². The highest BCUT2D eigenvalue weighted by atomic mass is 32.1. The lowest BCUT2D eigenvalue weighted by Gasteiger charge is -2.13. The fourth-order valence-electron chi connectivity index (χ4n) is 2.46. The van der Waals surface area contributed by atoms with Crippen LogP contribution in [-0.2, 0) is 7.05 Å². The number of aromatic nitrogens is 5. The van der Waals surface area contributed by atoms with Gasteiger partial charge in [-0.3, -0.25) is 0 Å². The number of aromatic amines is 1. The summed E-state index contributed by atoms with van der Waals surface area (Å²) in [6, 6.07) is 5.85. The molecule has 7 heteroatoms. The molecule has 0 radical (unpaired) electrons. The summed E-state index contributed by atoms with van der Waals surface area (Å²) in [7, 11) is 3.57. The molecule has 104 valence electrons. The van der Waals surface area contributed by atoms with Crippen molar-refractivity contribution in [3.63, 3.8) is 0 Å². The summed E-state index contributed by atoms with van der Waals surface area (Å²) in [4.78, 5) is 3.20. The van der Waals surface area contributed by atoms with Crippen LogP contribution in [0.15, 0.2) is 24.5 Å². The van der Waals surface area contributed by atoms with Gasteiger partial charge in [-0.05, 0) is 31.3 Å². The van der Waals surface area contributed by atoms with Gasteiger partial charge in [-0.15, -0.1) is 10.2 Å². The molecule has 0 aliphatic carbocycles. The molecule has 6 nitrogen and oxygen atoms in total. The topological polar surface area (TPSA) is 60.7 Å². The monoisotopic (exact) mass is 289 g/mol.